The lowest BCUT2D eigenvalue weighted by atomic mass is 9.76. The van der Waals surface area contributed by atoms with E-state index >= 15 is 0 Å². The summed E-state index contributed by atoms with van der Waals surface area (Å²) in [5, 5.41) is 4.10. The van der Waals surface area contributed by atoms with E-state index in [2.05, 4.69) is 34.0 Å². The molecule has 4 rings (SSSR count). The molecule has 0 saturated heterocycles. The third-order valence-corrected chi connectivity index (χ3v) is 11.8. The second kappa shape index (κ2) is 17.7. The fourth-order valence-electron chi connectivity index (χ4n) is 6.21. The zero-order valence-electron chi connectivity index (χ0n) is 26.7. The van der Waals surface area contributed by atoms with Crippen LogP contribution in [0.5, 0.6) is 0 Å². The Hall–Kier alpha value is -2.14. The minimum Gasteiger partial charge on any atom is -0.382 e. The summed E-state index contributed by atoms with van der Waals surface area (Å²) < 4.78 is 21.1. The number of imidazole rings is 1. The van der Waals surface area contributed by atoms with Crippen molar-refractivity contribution in [3.8, 4) is 0 Å². The van der Waals surface area contributed by atoms with Crippen LogP contribution in [0.3, 0.4) is 0 Å². The predicted molar refractivity (Wildman–Crippen MR) is 186 cm³/mol. The number of ether oxygens (including phenoxy) is 1. The van der Waals surface area contributed by atoms with E-state index in [1.807, 2.05) is 29.8 Å². The molecule has 0 aliphatic rings. The van der Waals surface area contributed by atoms with E-state index in [9.17, 15) is 14.4 Å². The molecule has 4 aromatic rings. The Morgan fingerprint density at radius 1 is 0.911 bits per heavy atom. The van der Waals surface area contributed by atoms with Crippen LogP contribution in [0, 0.1) is 0 Å². The molecule has 12 heteroatoms. The molecule has 4 aromatic heterocycles. The molecule has 2 atom stereocenters. The van der Waals surface area contributed by atoms with Gasteiger partial charge in [0, 0.05) is 21.6 Å². The fourth-order valence-corrected chi connectivity index (χ4v) is 9.15. The van der Waals surface area contributed by atoms with Gasteiger partial charge in [-0.15, -0.1) is 22.7 Å². The Kier molecular flexibility index (Phi) is 14.0. The van der Waals surface area contributed by atoms with Gasteiger partial charge in [-0.3, -0.25) is 4.57 Å². The first-order valence-corrected chi connectivity index (χ1v) is 19.9. The predicted octanol–water partition coefficient (Wildman–Crippen LogP) is 8.91. The largest absolute Gasteiger partial charge is 0.382 e. The van der Waals surface area contributed by atoms with Crippen molar-refractivity contribution in [1.29, 1.82) is 0 Å². The highest BCUT2D eigenvalue weighted by molar-refractivity contribution is 7.52. The smallest absolute Gasteiger partial charge is 0.354 e. The second-order valence-corrected chi connectivity index (χ2v) is 15.8. The highest BCUT2D eigenvalue weighted by atomic mass is 32.1. The second-order valence-electron chi connectivity index (χ2n) is 12.2. The molecule has 0 unspecified atom stereocenters. The number of aromatic nitrogens is 4. The number of nitrogen functional groups attached to an aromatic ring is 1. The van der Waals surface area contributed by atoms with Crippen LogP contribution in [-0.4, -0.2) is 41.3 Å². The molecule has 0 spiro atoms. The summed E-state index contributed by atoms with van der Waals surface area (Å²) in [5.41, 5.74) is 6.45. The number of nitrogens with two attached hydrogens (primary N) is 1. The summed E-state index contributed by atoms with van der Waals surface area (Å²) in [7, 11) is -4.63. The van der Waals surface area contributed by atoms with Gasteiger partial charge in [-0.2, -0.15) is 0 Å². The van der Waals surface area contributed by atoms with Crippen LogP contribution in [0.2, 0.25) is 0 Å². The lowest BCUT2D eigenvalue weighted by Crippen LogP contribution is -2.34. The molecule has 0 aromatic carbocycles. The fraction of sp³-hybridized carbons (Fsp3) is 0.606. The first-order chi connectivity index (χ1) is 21.7. The Balaban J connectivity index is 1.42. The third-order valence-electron chi connectivity index (χ3n) is 8.61. The number of unbranched alkanes of at least 4 members (excludes halogenated alkanes) is 11. The maximum Gasteiger partial charge on any atom is 0.354 e. The third kappa shape index (κ3) is 10.2. The molecule has 0 fully saturated rings. The van der Waals surface area contributed by atoms with Crippen LogP contribution in [0.25, 0.3) is 11.2 Å². The van der Waals surface area contributed by atoms with E-state index in [4.69, 9.17) is 10.5 Å². The summed E-state index contributed by atoms with van der Waals surface area (Å²) in [5.74, 6) is -0.988. The first-order valence-electron chi connectivity index (χ1n) is 16.4. The highest BCUT2D eigenvalue weighted by Gasteiger charge is 2.44. The number of hydrogen-bond acceptors (Lipinski definition) is 8. The van der Waals surface area contributed by atoms with E-state index in [1.54, 1.807) is 33.6 Å². The Morgan fingerprint density at radius 3 is 2.02 bits per heavy atom. The molecule has 0 radical (unpaired) electrons. The van der Waals surface area contributed by atoms with Crippen LogP contribution < -0.4 is 5.73 Å². The van der Waals surface area contributed by atoms with Crippen LogP contribution in [0.1, 0.15) is 113 Å². The molecule has 0 bridgehead atoms. The van der Waals surface area contributed by atoms with Gasteiger partial charge in [-0.25, -0.2) is 15.0 Å². The summed E-state index contributed by atoms with van der Waals surface area (Å²) in [6, 6.07) is 8.26. The van der Waals surface area contributed by atoms with Crippen molar-refractivity contribution in [2.75, 3.05) is 5.73 Å². The Bertz CT molecular complexity index is 1410. The molecule has 4 heterocycles. The molecule has 0 aliphatic carbocycles. The molecule has 0 saturated carbocycles. The van der Waals surface area contributed by atoms with Gasteiger partial charge < -0.3 is 24.8 Å². The molecule has 45 heavy (non-hydrogen) atoms. The lowest BCUT2D eigenvalue weighted by molar-refractivity contribution is 0.00674. The molecule has 248 valence electrons. The van der Waals surface area contributed by atoms with Crippen molar-refractivity contribution >= 4 is 47.3 Å². The van der Waals surface area contributed by atoms with Crippen molar-refractivity contribution < 1.29 is 19.1 Å². The summed E-state index contributed by atoms with van der Waals surface area (Å²) in [4.78, 5) is 36.1. The van der Waals surface area contributed by atoms with Gasteiger partial charge in [0.2, 0.25) is 0 Å². The van der Waals surface area contributed by atoms with Crippen molar-refractivity contribution in [1.82, 2.24) is 19.5 Å². The SMILES string of the molecule is CCCCCCCCCCCCCCC(C[C@H](O[C@H](C)Cn1cnc2c(N)ncnc21)P(=O)(O)O)(c1cccs1)c1cccs1. The van der Waals surface area contributed by atoms with E-state index in [1.165, 1.54) is 70.5 Å². The number of rotatable bonds is 22. The maximum atomic E-state index is 13.0. The monoisotopic (exact) mass is 675 g/mol. The van der Waals surface area contributed by atoms with Gasteiger partial charge in [-0.05, 0) is 36.2 Å². The van der Waals surface area contributed by atoms with E-state index in [-0.39, 0.29) is 12.2 Å². The van der Waals surface area contributed by atoms with Gasteiger partial charge in [0.15, 0.2) is 17.3 Å². The topological polar surface area (TPSA) is 136 Å². The quantitative estimate of drug-likeness (QED) is 0.0555. The van der Waals surface area contributed by atoms with Gasteiger partial charge in [0.25, 0.3) is 0 Å². The average molecular weight is 676 g/mol. The summed E-state index contributed by atoms with van der Waals surface area (Å²) in [6.45, 7) is 4.39. The highest BCUT2D eigenvalue weighted by Crippen LogP contribution is 2.53. The number of anilines is 1. The van der Waals surface area contributed by atoms with Crippen molar-refractivity contribution in [2.45, 2.75) is 128 Å². The number of thiophene rings is 2. The standard InChI is InChI=1S/C33H50N5O4PS2/c1-3-4-5-6-7-8-9-10-11-12-13-14-19-33(27-17-15-20-44-27,28-18-16-21-45-28)22-29(43(39,40)41)42-26(2)23-38-25-37-30-31(34)35-24-36-32(30)38/h15-18,20-21,24-26,29H,3-14,19,22-23H2,1-2H3,(H2,34,35,36)(H2,39,40,41)/t26-,29-/m1/s1. The zero-order valence-corrected chi connectivity index (χ0v) is 29.2. The van der Waals surface area contributed by atoms with Crippen molar-refractivity contribution in [2.24, 2.45) is 0 Å². The maximum absolute atomic E-state index is 13.0. The van der Waals surface area contributed by atoms with E-state index in [0.29, 0.717) is 17.7 Å². The van der Waals surface area contributed by atoms with Gasteiger partial charge in [0.1, 0.15) is 11.8 Å². The van der Waals surface area contributed by atoms with Crippen LogP contribution >= 0.6 is 30.3 Å². The van der Waals surface area contributed by atoms with E-state index < -0.39 is 25.0 Å². The van der Waals surface area contributed by atoms with Crippen molar-refractivity contribution in [3.05, 3.63) is 57.4 Å². The van der Waals surface area contributed by atoms with Gasteiger partial charge >= 0.3 is 7.60 Å². The van der Waals surface area contributed by atoms with Crippen molar-refractivity contribution in [3.63, 3.8) is 0 Å². The van der Waals surface area contributed by atoms with Gasteiger partial charge in [-0.1, -0.05) is 96.1 Å². The van der Waals surface area contributed by atoms with E-state index in [0.717, 1.165) is 29.0 Å². The van der Waals surface area contributed by atoms with Crippen LogP contribution in [0.15, 0.2) is 47.7 Å². The molecule has 4 N–H and O–H groups in total. The van der Waals surface area contributed by atoms with Crippen LogP contribution in [-0.2, 0) is 21.3 Å². The zero-order chi connectivity index (χ0) is 32.1. The summed E-state index contributed by atoms with van der Waals surface area (Å²) >= 11 is 3.30. The van der Waals surface area contributed by atoms with Crippen LogP contribution in [0.4, 0.5) is 5.82 Å². The Morgan fingerprint density at radius 2 is 1.49 bits per heavy atom. The summed E-state index contributed by atoms with van der Waals surface area (Å²) in [6.07, 6.45) is 18.7. The molecule has 0 amide bonds. The number of fused-ring (bicyclic) bond motifs is 1. The molecular weight excluding hydrogens is 626 g/mol. The van der Waals surface area contributed by atoms with Gasteiger partial charge in [0.05, 0.1) is 19.0 Å². The first kappa shape index (κ1) is 35.7. The minimum atomic E-state index is -4.63. The Labute approximate surface area is 275 Å². The normalized spacial score (nSPS) is 13.9. The minimum absolute atomic E-state index is 0.195. The molecule has 9 nitrogen and oxygen atoms in total. The average Bonchev–Trinajstić information content (AvgIpc) is 3.80. The number of nitrogens with zero attached hydrogens (tertiary/aromatic N) is 4. The molecular formula is C33H50N5O4PS2. The number of hydrogen-bond donors (Lipinski definition) is 3. The lowest BCUT2D eigenvalue weighted by Gasteiger charge is -2.37. The molecule has 0 aliphatic heterocycles.